The number of carbonyl (C=O) groups excluding carboxylic acids is 1. The number of nitrogens with one attached hydrogen (secondary N) is 1. The fraction of sp³-hybridized carbons (Fsp3) is 0.412. The topological polar surface area (TPSA) is 80.6 Å². The van der Waals surface area contributed by atoms with Crippen molar-refractivity contribution < 1.29 is 19.4 Å². The first-order valence-corrected chi connectivity index (χ1v) is 7.56. The second-order valence-electron chi connectivity index (χ2n) is 5.69. The minimum Gasteiger partial charge on any atom is -0.497 e. The molecule has 0 saturated heterocycles. The first-order valence-electron chi connectivity index (χ1n) is 7.56. The summed E-state index contributed by atoms with van der Waals surface area (Å²) in [6.07, 6.45) is 0.670. The lowest BCUT2D eigenvalue weighted by Gasteiger charge is -2.20. The monoisotopic (exact) mass is 318 g/mol. The molecule has 0 bridgehead atoms. The van der Waals surface area contributed by atoms with E-state index in [1.165, 1.54) is 0 Å². The van der Waals surface area contributed by atoms with Gasteiger partial charge in [-0.2, -0.15) is 0 Å². The van der Waals surface area contributed by atoms with Crippen molar-refractivity contribution in [3.8, 4) is 5.75 Å². The number of hydrogen-bond acceptors (Lipinski definition) is 3. The number of benzene rings is 1. The summed E-state index contributed by atoms with van der Waals surface area (Å²) in [5.41, 5.74) is 1.30. The maximum Gasteiger partial charge on any atom is 0.326 e. The van der Waals surface area contributed by atoms with Gasteiger partial charge in [-0.25, -0.2) is 4.79 Å². The molecule has 23 heavy (non-hydrogen) atoms. The molecule has 1 heterocycles. The Bertz CT molecular complexity index is 736. The number of carboxylic acids is 1. The molecule has 0 radical (unpaired) electrons. The molecule has 1 amide bonds. The highest BCUT2D eigenvalue weighted by atomic mass is 16.5. The van der Waals surface area contributed by atoms with E-state index >= 15 is 0 Å². The van der Waals surface area contributed by atoms with E-state index in [9.17, 15) is 14.7 Å². The van der Waals surface area contributed by atoms with Crippen molar-refractivity contribution in [1.82, 2.24) is 9.88 Å². The van der Waals surface area contributed by atoms with Gasteiger partial charge in [0.2, 0.25) is 0 Å². The summed E-state index contributed by atoms with van der Waals surface area (Å²) >= 11 is 0. The highest BCUT2D eigenvalue weighted by molar-refractivity contribution is 6.00. The Hall–Kier alpha value is -2.50. The number of amides is 1. The van der Waals surface area contributed by atoms with Crippen LogP contribution < -0.4 is 10.1 Å². The minimum absolute atomic E-state index is 0.147. The van der Waals surface area contributed by atoms with Crippen molar-refractivity contribution in [2.75, 3.05) is 7.11 Å². The van der Waals surface area contributed by atoms with Crippen LogP contribution in [0.25, 0.3) is 10.9 Å². The Morgan fingerprint density at radius 2 is 2.04 bits per heavy atom. The lowest BCUT2D eigenvalue weighted by molar-refractivity contribution is -0.140. The molecular formula is C17H22N2O4. The molecule has 2 atom stereocenters. The third kappa shape index (κ3) is 3.31. The van der Waals surface area contributed by atoms with Crippen LogP contribution in [-0.2, 0) is 11.8 Å². The van der Waals surface area contributed by atoms with Crippen molar-refractivity contribution in [3.05, 3.63) is 30.0 Å². The zero-order chi connectivity index (χ0) is 17.1. The van der Waals surface area contributed by atoms with E-state index in [1.54, 1.807) is 24.8 Å². The molecule has 2 aromatic rings. The van der Waals surface area contributed by atoms with Gasteiger partial charge >= 0.3 is 5.97 Å². The van der Waals surface area contributed by atoms with Crippen LogP contribution in [-0.4, -0.2) is 34.7 Å². The summed E-state index contributed by atoms with van der Waals surface area (Å²) in [6, 6.07) is 6.37. The van der Waals surface area contributed by atoms with E-state index in [0.29, 0.717) is 17.9 Å². The second kappa shape index (κ2) is 6.73. The summed E-state index contributed by atoms with van der Waals surface area (Å²) in [5.74, 6) is -0.854. The van der Waals surface area contributed by atoms with Gasteiger partial charge in [-0.05, 0) is 30.2 Å². The average Bonchev–Trinajstić information content (AvgIpc) is 2.87. The Morgan fingerprint density at radius 1 is 1.35 bits per heavy atom. The van der Waals surface area contributed by atoms with Crippen LogP contribution in [0.1, 0.15) is 30.8 Å². The molecular weight excluding hydrogens is 296 g/mol. The summed E-state index contributed by atoms with van der Waals surface area (Å²) in [4.78, 5) is 23.9. The van der Waals surface area contributed by atoms with Crippen molar-refractivity contribution in [2.24, 2.45) is 13.0 Å². The number of rotatable bonds is 6. The van der Waals surface area contributed by atoms with Gasteiger partial charge in [0.05, 0.1) is 7.11 Å². The van der Waals surface area contributed by atoms with Gasteiger partial charge in [0, 0.05) is 18.0 Å². The molecule has 0 fully saturated rings. The smallest absolute Gasteiger partial charge is 0.326 e. The number of nitrogens with zero attached hydrogens (tertiary/aromatic N) is 1. The Kier molecular flexibility index (Phi) is 4.93. The van der Waals surface area contributed by atoms with Crippen LogP contribution in [0, 0.1) is 5.92 Å². The van der Waals surface area contributed by atoms with Crippen LogP contribution in [0.3, 0.4) is 0 Å². The number of hydrogen-bond donors (Lipinski definition) is 2. The van der Waals surface area contributed by atoms with Crippen LogP contribution >= 0.6 is 0 Å². The number of carboxylic acid groups (broad SMARTS) is 1. The zero-order valence-corrected chi connectivity index (χ0v) is 13.8. The maximum absolute atomic E-state index is 12.5. The van der Waals surface area contributed by atoms with Crippen molar-refractivity contribution in [2.45, 2.75) is 26.3 Å². The first-order chi connectivity index (χ1) is 10.9. The first kappa shape index (κ1) is 16.9. The third-order valence-electron chi connectivity index (χ3n) is 4.25. The zero-order valence-electron chi connectivity index (χ0n) is 13.8. The standard InChI is InChI=1S/C17H22N2O4/c1-5-10(2)15(17(21)22)18-16(20)14-9-11-8-12(23-4)6-7-13(11)19(14)3/h6-10,15H,5H2,1-4H3,(H,18,20)(H,21,22)/t10-,15-/m0/s1. The van der Waals surface area contributed by atoms with Crippen LogP contribution in [0.4, 0.5) is 0 Å². The Labute approximate surface area is 135 Å². The summed E-state index contributed by atoms with van der Waals surface area (Å²) < 4.78 is 6.94. The second-order valence-corrected chi connectivity index (χ2v) is 5.69. The molecule has 0 unspecified atom stereocenters. The van der Waals surface area contributed by atoms with Crippen LogP contribution in [0.2, 0.25) is 0 Å². The van der Waals surface area contributed by atoms with Gasteiger partial charge in [0.25, 0.3) is 5.91 Å². The quantitative estimate of drug-likeness (QED) is 0.857. The molecule has 0 aliphatic rings. The fourth-order valence-corrected chi connectivity index (χ4v) is 2.57. The highest BCUT2D eigenvalue weighted by Gasteiger charge is 2.26. The number of aryl methyl sites for hydroxylation is 1. The van der Waals surface area contributed by atoms with E-state index in [4.69, 9.17) is 4.74 Å². The average molecular weight is 318 g/mol. The minimum atomic E-state index is -1.02. The maximum atomic E-state index is 12.5. The molecule has 1 aromatic heterocycles. The Balaban J connectivity index is 2.33. The van der Waals surface area contributed by atoms with E-state index < -0.39 is 17.9 Å². The molecule has 124 valence electrons. The normalized spacial score (nSPS) is 13.6. The highest BCUT2D eigenvalue weighted by Crippen LogP contribution is 2.24. The number of aromatic nitrogens is 1. The molecule has 6 nitrogen and oxygen atoms in total. The van der Waals surface area contributed by atoms with Gasteiger partial charge in [0.15, 0.2) is 0 Å². The summed E-state index contributed by atoms with van der Waals surface area (Å²) in [6.45, 7) is 3.71. The number of ether oxygens (including phenoxy) is 1. The van der Waals surface area contributed by atoms with Crippen molar-refractivity contribution in [1.29, 1.82) is 0 Å². The molecule has 6 heteroatoms. The lowest BCUT2D eigenvalue weighted by Crippen LogP contribution is -2.45. The SMILES string of the molecule is CC[C@H](C)[C@H](NC(=O)c1cc2cc(OC)ccc2n1C)C(=O)O. The number of methoxy groups -OCH3 is 1. The fourth-order valence-electron chi connectivity index (χ4n) is 2.57. The number of carbonyl (C=O) groups is 2. The third-order valence-corrected chi connectivity index (χ3v) is 4.25. The van der Waals surface area contributed by atoms with Gasteiger partial charge < -0.3 is 19.7 Å². The van der Waals surface area contributed by atoms with Crippen LogP contribution in [0.5, 0.6) is 5.75 Å². The molecule has 2 rings (SSSR count). The molecule has 1 aromatic carbocycles. The molecule has 2 N–H and O–H groups in total. The molecule has 0 aliphatic heterocycles. The largest absolute Gasteiger partial charge is 0.497 e. The van der Waals surface area contributed by atoms with Gasteiger partial charge in [-0.3, -0.25) is 4.79 Å². The van der Waals surface area contributed by atoms with E-state index in [2.05, 4.69) is 5.32 Å². The van der Waals surface area contributed by atoms with Crippen molar-refractivity contribution >= 4 is 22.8 Å². The summed E-state index contributed by atoms with van der Waals surface area (Å²) in [5, 5.41) is 12.8. The predicted molar refractivity (Wildman–Crippen MR) is 87.8 cm³/mol. The van der Waals surface area contributed by atoms with Gasteiger partial charge in [-0.1, -0.05) is 20.3 Å². The van der Waals surface area contributed by atoms with E-state index in [-0.39, 0.29) is 5.92 Å². The van der Waals surface area contributed by atoms with Crippen molar-refractivity contribution in [3.63, 3.8) is 0 Å². The van der Waals surface area contributed by atoms with E-state index in [0.717, 1.165) is 10.9 Å². The molecule has 0 aliphatic carbocycles. The van der Waals surface area contributed by atoms with Gasteiger partial charge in [0.1, 0.15) is 17.5 Å². The van der Waals surface area contributed by atoms with Gasteiger partial charge in [-0.15, -0.1) is 0 Å². The van der Waals surface area contributed by atoms with E-state index in [1.807, 2.05) is 32.0 Å². The predicted octanol–water partition coefficient (Wildman–Crippen LogP) is 2.42. The molecule has 0 spiro atoms. The number of aliphatic carboxylic acids is 1. The summed E-state index contributed by atoms with van der Waals surface area (Å²) in [7, 11) is 3.37. The molecule has 0 saturated carbocycles. The number of fused-ring (bicyclic) bond motifs is 1. The van der Waals surface area contributed by atoms with Crippen LogP contribution in [0.15, 0.2) is 24.3 Å². The Morgan fingerprint density at radius 3 is 2.61 bits per heavy atom. The lowest BCUT2D eigenvalue weighted by atomic mass is 9.99.